The fourth-order valence-electron chi connectivity index (χ4n) is 2.64. The zero-order chi connectivity index (χ0) is 15.7. The number of para-hydroxylation sites is 1. The van der Waals surface area contributed by atoms with Crippen LogP contribution in [0.3, 0.4) is 0 Å². The number of aromatic amines is 1. The Balaban J connectivity index is 2.30. The molecule has 112 valence electrons. The number of carboxylic acids is 1. The van der Waals surface area contributed by atoms with E-state index in [2.05, 4.69) is 4.98 Å². The largest absolute Gasteiger partial charge is 0.496 e. The van der Waals surface area contributed by atoms with Gasteiger partial charge in [-0.25, -0.2) is 0 Å². The van der Waals surface area contributed by atoms with Crippen molar-refractivity contribution in [3.8, 4) is 17.0 Å². The standard InChI is InChI=1S/C17H14ClNO3/c1-22-15-7-6-10(18)8-13(15)17-12(9-16(20)21)11-4-2-3-5-14(11)19-17/h2-8,19H,9H2,1H3,(H,20,21). The number of benzene rings is 2. The summed E-state index contributed by atoms with van der Waals surface area (Å²) in [5.74, 6) is -0.241. The number of methoxy groups -OCH3 is 1. The second kappa shape index (κ2) is 5.73. The third-order valence-electron chi connectivity index (χ3n) is 3.57. The number of hydrogen-bond donors (Lipinski definition) is 2. The van der Waals surface area contributed by atoms with Gasteiger partial charge in [0.15, 0.2) is 0 Å². The molecule has 22 heavy (non-hydrogen) atoms. The molecule has 1 heterocycles. The number of H-pyrrole nitrogens is 1. The number of ether oxygens (including phenoxy) is 1. The number of nitrogens with one attached hydrogen (secondary N) is 1. The molecule has 0 bridgehead atoms. The molecule has 0 saturated heterocycles. The van der Waals surface area contributed by atoms with Gasteiger partial charge < -0.3 is 14.8 Å². The number of aromatic nitrogens is 1. The second-order valence-corrected chi connectivity index (χ2v) is 5.38. The highest BCUT2D eigenvalue weighted by atomic mass is 35.5. The lowest BCUT2D eigenvalue weighted by Gasteiger charge is -2.09. The van der Waals surface area contributed by atoms with Crippen LogP contribution < -0.4 is 4.74 Å². The van der Waals surface area contributed by atoms with Crippen molar-refractivity contribution in [2.45, 2.75) is 6.42 Å². The zero-order valence-electron chi connectivity index (χ0n) is 11.9. The smallest absolute Gasteiger partial charge is 0.307 e. The minimum atomic E-state index is -0.882. The Labute approximate surface area is 132 Å². The number of halogens is 1. The number of rotatable bonds is 4. The Kier molecular flexibility index (Phi) is 3.77. The lowest BCUT2D eigenvalue weighted by Crippen LogP contribution is -2.01. The number of fused-ring (bicyclic) bond motifs is 1. The van der Waals surface area contributed by atoms with Gasteiger partial charge in [0.2, 0.25) is 0 Å². The van der Waals surface area contributed by atoms with Crippen LogP contribution in [0, 0.1) is 0 Å². The van der Waals surface area contributed by atoms with Crippen LogP contribution in [0.2, 0.25) is 5.02 Å². The van der Waals surface area contributed by atoms with E-state index >= 15 is 0 Å². The zero-order valence-corrected chi connectivity index (χ0v) is 12.6. The molecule has 0 unspecified atom stereocenters. The average Bonchev–Trinajstić information content (AvgIpc) is 2.85. The summed E-state index contributed by atoms with van der Waals surface area (Å²) in [6, 6.07) is 12.9. The van der Waals surface area contributed by atoms with E-state index in [1.807, 2.05) is 24.3 Å². The summed E-state index contributed by atoms with van der Waals surface area (Å²) in [4.78, 5) is 14.5. The van der Waals surface area contributed by atoms with Gasteiger partial charge in [0.1, 0.15) is 5.75 Å². The van der Waals surface area contributed by atoms with Crippen molar-refractivity contribution in [1.29, 1.82) is 0 Å². The summed E-state index contributed by atoms with van der Waals surface area (Å²) in [6.07, 6.45) is -0.0744. The molecule has 0 aliphatic carbocycles. The Morgan fingerprint density at radius 2 is 2.05 bits per heavy atom. The van der Waals surface area contributed by atoms with E-state index in [4.69, 9.17) is 16.3 Å². The van der Waals surface area contributed by atoms with Crippen LogP contribution in [-0.4, -0.2) is 23.2 Å². The van der Waals surface area contributed by atoms with Crippen molar-refractivity contribution < 1.29 is 14.6 Å². The van der Waals surface area contributed by atoms with Crippen molar-refractivity contribution in [1.82, 2.24) is 4.98 Å². The van der Waals surface area contributed by atoms with Gasteiger partial charge in [0.05, 0.1) is 19.2 Å². The molecule has 0 radical (unpaired) electrons. The number of carboxylic acid groups (broad SMARTS) is 1. The van der Waals surface area contributed by atoms with E-state index in [0.717, 1.165) is 27.7 Å². The monoisotopic (exact) mass is 315 g/mol. The van der Waals surface area contributed by atoms with E-state index in [1.165, 1.54) is 0 Å². The maximum Gasteiger partial charge on any atom is 0.307 e. The minimum absolute atomic E-state index is 0.0744. The molecule has 0 spiro atoms. The maximum atomic E-state index is 11.2. The van der Waals surface area contributed by atoms with Crippen LogP contribution in [0.15, 0.2) is 42.5 Å². The first kappa shape index (κ1) is 14.5. The van der Waals surface area contributed by atoms with E-state index in [-0.39, 0.29) is 6.42 Å². The van der Waals surface area contributed by atoms with Gasteiger partial charge >= 0.3 is 5.97 Å². The summed E-state index contributed by atoms with van der Waals surface area (Å²) in [6.45, 7) is 0. The Morgan fingerprint density at radius 3 is 2.77 bits per heavy atom. The van der Waals surface area contributed by atoms with Gasteiger partial charge in [-0.05, 0) is 29.8 Å². The fraction of sp³-hybridized carbons (Fsp3) is 0.118. The third kappa shape index (κ3) is 2.53. The highest BCUT2D eigenvalue weighted by Crippen LogP contribution is 2.37. The Hall–Kier alpha value is -2.46. The molecule has 2 N–H and O–H groups in total. The minimum Gasteiger partial charge on any atom is -0.496 e. The molecule has 0 aliphatic heterocycles. The van der Waals surface area contributed by atoms with Gasteiger partial charge in [0, 0.05) is 21.5 Å². The van der Waals surface area contributed by atoms with Crippen molar-refractivity contribution >= 4 is 28.5 Å². The molecule has 0 aliphatic rings. The van der Waals surface area contributed by atoms with Crippen LogP contribution in [0.4, 0.5) is 0 Å². The van der Waals surface area contributed by atoms with Crippen molar-refractivity contribution in [3.05, 3.63) is 53.1 Å². The lowest BCUT2D eigenvalue weighted by molar-refractivity contribution is -0.136. The molecule has 2 aromatic carbocycles. The topological polar surface area (TPSA) is 62.3 Å². The fourth-order valence-corrected chi connectivity index (χ4v) is 2.81. The molecule has 0 amide bonds. The molecule has 1 aromatic heterocycles. The van der Waals surface area contributed by atoms with Crippen molar-refractivity contribution in [2.75, 3.05) is 7.11 Å². The first-order chi connectivity index (χ1) is 10.6. The van der Waals surface area contributed by atoms with Gasteiger partial charge in [-0.3, -0.25) is 4.79 Å². The van der Waals surface area contributed by atoms with Crippen LogP contribution in [0.5, 0.6) is 5.75 Å². The van der Waals surface area contributed by atoms with Crippen LogP contribution in [-0.2, 0) is 11.2 Å². The predicted octanol–water partition coefficient (Wildman–Crippen LogP) is 4.12. The normalized spacial score (nSPS) is 10.8. The third-order valence-corrected chi connectivity index (χ3v) is 3.81. The molecular weight excluding hydrogens is 302 g/mol. The van der Waals surface area contributed by atoms with Crippen LogP contribution in [0.25, 0.3) is 22.2 Å². The summed E-state index contributed by atoms with van der Waals surface area (Å²) in [7, 11) is 1.58. The number of hydrogen-bond acceptors (Lipinski definition) is 2. The lowest BCUT2D eigenvalue weighted by atomic mass is 10.0. The average molecular weight is 316 g/mol. The molecule has 5 heteroatoms. The molecule has 0 fully saturated rings. The van der Waals surface area contributed by atoms with Crippen LogP contribution in [0.1, 0.15) is 5.56 Å². The van der Waals surface area contributed by atoms with Gasteiger partial charge in [-0.1, -0.05) is 29.8 Å². The van der Waals surface area contributed by atoms with Gasteiger partial charge in [-0.15, -0.1) is 0 Å². The summed E-state index contributed by atoms with van der Waals surface area (Å²) < 4.78 is 5.38. The number of carbonyl (C=O) groups is 1. The molecule has 3 rings (SSSR count). The molecule has 3 aromatic rings. The van der Waals surface area contributed by atoms with Crippen molar-refractivity contribution in [2.24, 2.45) is 0 Å². The number of aliphatic carboxylic acids is 1. The van der Waals surface area contributed by atoms with Gasteiger partial charge in [0.25, 0.3) is 0 Å². The van der Waals surface area contributed by atoms with Gasteiger partial charge in [-0.2, -0.15) is 0 Å². The van der Waals surface area contributed by atoms with Crippen molar-refractivity contribution in [3.63, 3.8) is 0 Å². The van der Waals surface area contributed by atoms with E-state index in [9.17, 15) is 9.90 Å². The molecule has 0 atom stereocenters. The first-order valence-electron chi connectivity index (χ1n) is 6.75. The summed E-state index contributed by atoms with van der Waals surface area (Å²) in [5.41, 5.74) is 3.09. The molecule has 0 saturated carbocycles. The Bertz CT molecular complexity index is 854. The Morgan fingerprint density at radius 1 is 1.27 bits per heavy atom. The maximum absolute atomic E-state index is 11.2. The van der Waals surface area contributed by atoms with E-state index in [0.29, 0.717) is 10.8 Å². The molecule has 4 nitrogen and oxygen atoms in total. The SMILES string of the molecule is COc1ccc(Cl)cc1-c1[nH]c2ccccc2c1CC(=O)O. The second-order valence-electron chi connectivity index (χ2n) is 4.94. The summed E-state index contributed by atoms with van der Waals surface area (Å²) >= 11 is 6.09. The highest BCUT2D eigenvalue weighted by Gasteiger charge is 2.18. The predicted molar refractivity (Wildman–Crippen MR) is 86.6 cm³/mol. The molecular formula is C17H14ClNO3. The van der Waals surface area contributed by atoms with E-state index in [1.54, 1.807) is 25.3 Å². The highest BCUT2D eigenvalue weighted by molar-refractivity contribution is 6.31. The van der Waals surface area contributed by atoms with E-state index < -0.39 is 5.97 Å². The first-order valence-corrected chi connectivity index (χ1v) is 7.13. The summed E-state index contributed by atoms with van der Waals surface area (Å²) in [5, 5.41) is 10.7. The quantitative estimate of drug-likeness (QED) is 0.761. The van der Waals surface area contributed by atoms with Crippen LogP contribution >= 0.6 is 11.6 Å².